The topological polar surface area (TPSA) is 184 Å². The monoisotopic (exact) mass is 863 g/mol. The van der Waals surface area contributed by atoms with E-state index in [4.69, 9.17) is 11.5 Å². The van der Waals surface area contributed by atoms with E-state index in [1.165, 1.54) is 141 Å². The number of nitrogens with one attached hydrogen (secondary N) is 4. The molecule has 0 bridgehead atoms. The van der Waals surface area contributed by atoms with E-state index < -0.39 is 0 Å². The average Bonchev–Trinajstić information content (AvgIpc) is 3.24. The van der Waals surface area contributed by atoms with Crippen LogP contribution in [-0.2, 0) is 19.2 Å². The first-order valence-electron chi connectivity index (χ1n) is 25.6. The molecule has 12 heteroatoms. The van der Waals surface area contributed by atoms with E-state index in [0.29, 0.717) is 65.0 Å². The highest BCUT2D eigenvalue weighted by molar-refractivity contribution is 5.83. The quantitative estimate of drug-likeness (QED) is 0.0200. The third-order valence-corrected chi connectivity index (χ3v) is 11.4. The lowest BCUT2D eigenvalue weighted by Crippen LogP contribution is -2.37. The first-order chi connectivity index (χ1) is 29.8. The molecule has 0 saturated carbocycles. The number of unbranched alkanes of at least 4 members (excludes halogenated alkanes) is 24. The maximum atomic E-state index is 13.3. The zero-order valence-corrected chi connectivity index (χ0v) is 39.9. The van der Waals surface area contributed by atoms with Gasteiger partial charge in [0.25, 0.3) is 0 Å². The largest absolute Gasteiger partial charge is 0.370 e. The van der Waals surface area contributed by atoms with Gasteiger partial charge in [0.1, 0.15) is 0 Å². The number of nitrogens with zero attached hydrogens (tertiary/aromatic N) is 2. The normalized spacial score (nSPS) is 11.0. The van der Waals surface area contributed by atoms with Crippen LogP contribution in [0.3, 0.4) is 0 Å². The molecule has 0 aromatic carbocycles. The number of rotatable bonds is 47. The summed E-state index contributed by atoms with van der Waals surface area (Å²) in [5, 5.41) is 12.3. The highest BCUT2D eigenvalue weighted by Crippen LogP contribution is 2.14. The van der Waals surface area contributed by atoms with Gasteiger partial charge in [-0.3, -0.25) is 24.2 Å². The lowest BCUT2D eigenvalue weighted by Gasteiger charge is -2.23. The van der Waals surface area contributed by atoms with E-state index in [0.717, 1.165) is 51.6 Å². The second-order valence-corrected chi connectivity index (χ2v) is 17.4. The first-order valence-corrected chi connectivity index (χ1v) is 25.6. The molecule has 0 aliphatic heterocycles. The third kappa shape index (κ3) is 45.0. The van der Waals surface area contributed by atoms with E-state index in [2.05, 4.69) is 40.1 Å². The summed E-state index contributed by atoms with van der Waals surface area (Å²) in [6, 6.07) is 0. The van der Waals surface area contributed by atoms with Crippen LogP contribution in [0.5, 0.6) is 0 Å². The molecule has 0 atom stereocenters. The van der Waals surface area contributed by atoms with Crippen molar-refractivity contribution in [3.8, 4) is 0 Å². The van der Waals surface area contributed by atoms with Crippen LogP contribution in [0.4, 0.5) is 0 Å². The van der Waals surface area contributed by atoms with Gasteiger partial charge in [-0.05, 0) is 51.6 Å². The summed E-state index contributed by atoms with van der Waals surface area (Å²) in [5.74, 6) is 0.0357. The van der Waals surface area contributed by atoms with E-state index >= 15 is 0 Å². The molecule has 8 N–H and O–H groups in total. The summed E-state index contributed by atoms with van der Waals surface area (Å²) in [4.78, 5) is 56.5. The number of guanidine groups is 1. The van der Waals surface area contributed by atoms with Crippen molar-refractivity contribution >= 4 is 29.6 Å². The Hall–Kier alpha value is -2.89. The second kappa shape index (κ2) is 46.6. The Balaban J connectivity index is 4.39. The molecule has 4 amide bonds. The van der Waals surface area contributed by atoms with Gasteiger partial charge in [0.2, 0.25) is 23.6 Å². The lowest BCUT2D eigenvalue weighted by atomic mass is 10.0. The van der Waals surface area contributed by atoms with Crippen LogP contribution in [0.2, 0.25) is 0 Å². The molecule has 0 aromatic rings. The molecule has 0 heterocycles. The third-order valence-electron chi connectivity index (χ3n) is 11.4. The van der Waals surface area contributed by atoms with Gasteiger partial charge in [0.15, 0.2) is 5.96 Å². The van der Waals surface area contributed by atoms with Crippen molar-refractivity contribution in [3.63, 3.8) is 0 Å². The zero-order chi connectivity index (χ0) is 44.7. The molecule has 0 saturated heterocycles. The van der Waals surface area contributed by atoms with Crippen molar-refractivity contribution in [3.05, 3.63) is 0 Å². The Morgan fingerprint density at radius 2 is 0.738 bits per heavy atom. The van der Waals surface area contributed by atoms with E-state index in [-0.39, 0.29) is 42.4 Å². The number of hydrogen-bond donors (Lipinski definition) is 6. The Kier molecular flexibility index (Phi) is 44.4. The smallest absolute Gasteiger partial charge is 0.223 e. The van der Waals surface area contributed by atoms with Crippen LogP contribution in [0.1, 0.15) is 232 Å². The molecule has 12 nitrogen and oxygen atoms in total. The predicted octanol–water partition coefficient (Wildman–Crippen LogP) is 9.33. The Morgan fingerprint density at radius 3 is 1.13 bits per heavy atom. The van der Waals surface area contributed by atoms with Crippen LogP contribution in [0.25, 0.3) is 0 Å². The predicted molar refractivity (Wildman–Crippen MR) is 257 cm³/mol. The number of nitrogens with two attached hydrogens (primary N) is 2. The lowest BCUT2D eigenvalue weighted by molar-refractivity contribution is -0.133. The Labute approximate surface area is 374 Å². The molecule has 0 fully saturated rings. The fraction of sp³-hybridized carbons (Fsp3) is 0.898. The van der Waals surface area contributed by atoms with Crippen LogP contribution in [0.15, 0.2) is 4.99 Å². The van der Waals surface area contributed by atoms with E-state index in [1.807, 2.05) is 0 Å². The highest BCUT2D eigenvalue weighted by Gasteiger charge is 2.15. The number of aliphatic imine (C=N–C) groups is 1. The van der Waals surface area contributed by atoms with E-state index in [9.17, 15) is 19.2 Å². The minimum absolute atomic E-state index is 0.0740. The van der Waals surface area contributed by atoms with Crippen molar-refractivity contribution in [2.45, 2.75) is 232 Å². The van der Waals surface area contributed by atoms with Gasteiger partial charge >= 0.3 is 0 Å². The van der Waals surface area contributed by atoms with Crippen molar-refractivity contribution in [2.24, 2.45) is 16.5 Å². The van der Waals surface area contributed by atoms with Gasteiger partial charge in [-0.25, -0.2) is 0 Å². The minimum atomic E-state index is -0.137. The molecule has 61 heavy (non-hydrogen) atoms. The maximum absolute atomic E-state index is 13.3. The van der Waals surface area contributed by atoms with Crippen LogP contribution < -0.4 is 32.7 Å². The average molecular weight is 863 g/mol. The van der Waals surface area contributed by atoms with Crippen molar-refractivity contribution in [1.29, 1.82) is 0 Å². The van der Waals surface area contributed by atoms with Gasteiger partial charge in [-0.2, -0.15) is 0 Å². The molecule has 0 aliphatic carbocycles. The molecule has 0 spiro atoms. The molecule has 0 unspecified atom stereocenters. The van der Waals surface area contributed by atoms with Gasteiger partial charge in [-0.15, -0.1) is 0 Å². The fourth-order valence-electron chi connectivity index (χ4n) is 7.59. The zero-order valence-electron chi connectivity index (χ0n) is 39.9. The van der Waals surface area contributed by atoms with Crippen molar-refractivity contribution in [2.75, 3.05) is 52.4 Å². The van der Waals surface area contributed by atoms with Gasteiger partial charge < -0.3 is 37.6 Å². The van der Waals surface area contributed by atoms with Gasteiger partial charge in [0, 0.05) is 65.0 Å². The van der Waals surface area contributed by atoms with Gasteiger partial charge in [0.05, 0.1) is 0 Å². The Morgan fingerprint density at radius 1 is 0.393 bits per heavy atom. The van der Waals surface area contributed by atoms with E-state index in [1.54, 1.807) is 4.90 Å². The van der Waals surface area contributed by atoms with Crippen LogP contribution >= 0.6 is 0 Å². The fourth-order valence-corrected chi connectivity index (χ4v) is 7.59. The maximum Gasteiger partial charge on any atom is 0.223 e. The summed E-state index contributed by atoms with van der Waals surface area (Å²) >= 11 is 0. The number of amides is 4. The molecule has 0 aliphatic rings. The van der Waals surface area contributed by atoms with Crippen LogP contribution in [0, 0.1) is 0 Å². The molecule has 0 aromatic heterocycles. The number of hydrogen-bond acceptors (Lipinski definition) is 6. The summed E-state index contributed by atoms with van der Waals surface area (Å²) in [5.41, 5.74) is 10.7. The standard InChI is InChI=1S/C49H98N8O4/c1-3-5-7-9-11-13-15-17-19-21-23-25-27-33-45(58)54-41-31-43-57(48(61)36-35-47(60)53-39-29-37-52-38-30-40-56-49(50)51)44-32-42-55-46(59)34-28-26-24-22-20-18-16-14-12-10-8-6-4-2/h52H,3-44H2,1-2H3,(H,53,60)(H,54,58)(H,55,59)(H4,50,51,56). The second-order valence-electron chi connectivity index (χ2n) is 17.4. The Bertz CT molecular complexity index is 1010. The summed E-state index contributed by atoms with van der Waals surface area (Å²) in [6.07, 6.45) is 37.6. The highest BCUT2D eigenvalue weighted by atomic mass is 16.2. The first kappa shape index (κ1) is 58.1. The minimum Gasteiger partial charge on any atom is -0.370 e. The summed E-state index contributed by atoms with van der Waals surface area (Å²) in [6.45, 7) is 9.23. The molecular formula is C49H98N8O4. The molecular weight excluding hydrogens is 765 g/mol. The van der Waals surface area contributed by atoms with Crippen molar-refractivity contribution < 1.29 is 19.2 Å². The van der Waals surface area contributed by atoms with Crippen molar-refractivity contribution in [1.82, 2.24) is 26.2 Å². The number of carbonyl (C=O) groups is 4. The van der Waals surface area contributed by atoms with Crippen LogP contribution in [-0.4, -0.2) is 86.8 Å². The molecule has 358 valence electrons. The summed E-state index contributed by atoms with van der Waals surface area (Å²) < 4.78 is 0. The molecule has 0 rings (SSSR count). The van der Waals surface area contributed by atoms with Gasteiger partial charge in [-0.1, -0.05) is 168 Å². The summed E-state index contributed by atoms with van der Waals surface area (Å²) in [7, 11) is 0. The molecule has 0 radical (unpaired) electrons. The SMILES string of the molecule is CCCCCCCCCCCCCCCC(=O)NCCCN(CCCNC(=O)CCCCCCCCCCCCCCC)C(=O)CCC(=O)NCCCNCCCN=C(N)N. The number of carbonyl (C=O) groups excluding carboxylic acids is 4.